The molecule has 4 fully saturated rings. The Bertz CT molecular complexity index is 817. The van der Waals surface area contributed by atoms with E-state index in [4.69, 9.17) is 4.98 Å². The summed E-state index contributed by atoms with van der Waals surface area (Å²) in [6.45, 7) is 5.63. The van der Waals surface area contributed by atoms with Gasteiger partial charge >= 0.3 is 0 Å². The molecule has 2 bridgehead atoms. The molecule has 2 aromatic heterocycles. The summed E-state index contributed by atoms with van der Waals surface area (Å²) in [6, 6.07) is 4.56. The van der Waals surface area contributed by atoms with Gasteiger partial charge in [-0.25, -0.2) is 4.98 Å². The third-order valence-corrected chi connectivity index (χ3v) is 6.89. The fraction of sp³-hybridized carbons (Fsp3) is 0.632. The van der Waals surface area contributed by atoms with Crippen molar-refractivity contribution in [3.8, 4) is 0 Å². The van der Waals surface area contributed by atoms with Crippen molar-refractivity contribution >= 4 is 17.6 Å². The first-order valence-electron chi connectivity index (χ1n) is 9.61. The second kappa shape index (κ2) is 5.42. The van der Waals surface area contributed by atoms with Crippen molar-refractivity contribution in [2.24, 2.45) is 5.41 Å². The lowest BCUT2D eigenvalue weighted by Crippen LogP contribution is -2.57. The van der Waals surface area contributed by atoms with Gasteiger partial charge < -0.3 is 15.5 Å². The summed E-state index contributed by atoms with van der Waals surface area (Å²) in [5, 5.41) is 14.3. The van der Waals surface area contributed by atoms with E-state index in [0.29, 0.717) is 17.4 Å². The number of nitrogens with one attached hydrogen (secondary N) is 3. The van der Waals surface area contributed by atoms with Crippen LogP contribution in [-0.2, 0) is 0 Å². The molecule has 7 heteroatoms. The van der Waals surface area contributed by atoms with Crippen molar-refractivity contribution in [1.29, 1.82) is 0 Å². The van der Waals surface area contributed by atoms with Gasteiger partial charge in [0.15, 0.2) is 5.82 Å². The van der Waals surface area contributed by atoms with Crippen LogP contribution in [0.25, 0.3) is 0 Å². The zero-order chi connectivity index (χ0) is 17.9. The Labute approximate surface area is 154 Å². The molecule has 26 heavy (non-hydrogen) atoms. The van der Waals surface area contributed by atoms with Crippen LogP contribution in [-0.4, -0.2) is 45.3 Å². The number of hydrogen-bond donors (Lipinski definition) is 3. The van der Waals surface area contributed by atoms with Crippen LogP contribution in [0.4, 0.5) is 17.6 Å². The average molecular weight is 353 g/mol. The molecule has 0 atom stereocenters. The van der Waals surface area contributed by atoms with Crippen molar-refractivity contribution in [3.05, 3.63) is 24.0 Å². The summed E-state index contributed by atoms with van der Waals surface area (Å²) in [6.07, 6.45) is 6.80. The molecule has 4 aliphatic rings. The van der Waals surface area contributed by atoms with Crippen LogP contribution in [0.15, 0.2) is 18.3 Å². The number of H-pyrrole nitrogens is 1. The normalized spacial score (nSPS) is 27.5. The van der Waals surface area contributed by atoms with Crippen molar-refractivity contribution in [3.63, 3.8) is 0 Å². The number of aromatic nitrogens is 4. The van der Waals surface area contributed by atoms with Gasteiger partial charge in [-0.2, -0.15) is 10.1 Å². The first-order valence-corrected chi connectivity index (χ1v) is 9.61. The smallest absolute Gasteiger partial charge is 0.227 e. The molecule has 2 aliphatic carbocycles. The maximum atomic E-state index is 4.77. The van der Waals surface area contributed by atoms with Gasteiger partial charge in [0.1, 0.15) is 5.82 Å². The Morgan fingerprint density at radius 3 is 2.81 bits per heavy atom. The fourth-order valence-corrected chi connectivity index (χ4v) is 4.55. The Kier molecular flexibility index (Phi) is 3.35. The maximum Gasteiger partial charge on any atom is 0.227 e. The second-order valence-corrected chi connectivity index (χ2v) is 8.69. The fourth-order valence-electron chi connectivity index (χ4n) is 4.55. The molecule has 2 saturated carbocycles. The summed E-state index contributed by atoms with van der Waals surface area (Å²) in [4.78, 5) is 11.7. The highest BCUT2D eigenvalue weighted by Gasteiger charge is 2.62. The van der Waals surface area contributed by atoms with E-state index in [1.54, 1.807) is 0 Å². The highest BCUT2D eigenvalue weighted by molar-refractivity contribution is 5.54. The van der Waals surface area contributed by atoms with Gasteiger partial charge in [-0.15, -0.1) is 0 Å². The third kappa shape index (κ3) is 2.40. The minimum absolute atomic E-state index is 0.127. The van der Waals surface area contributed by atoms with Crippen LogP contribution >= 0.6 is 0 Å². The quantitative estimate of drug-likeness (QED) is 0.741. The zero-order valence-corrected chi connectivity index (χ0v) is 15.7. The number of nitrogens with zero attached hydrogens (tertiary/aromatic N) is 4. The molecule has 7 nitrogen and oxygen atoms in total. The summed E-state index contributed by atoms with van der Waals surface area (Å²) in [5.41, 5.74) is 1.67. The summed E-state index contributed by atoms with van der Waals surface area (Å²) >= 11 is 0. The minimum atomic E-state index is 0.127. The molecule has 0 spiro atoms. The molecule has 0 aromatic carbocycles. The van der Waals surface area contributed by atoms with E-state index in [0.717, 1.165) is 24.1 Å². The van der Waals surface area contributed by atoms with Crippen molar-refractivity contribution in [2.75, 3.05) is 23.8 Å². The maximum absolute atomic E-state index is 4.77. The third-order valence-electron chi connectivity index (χ3n) is 6.89. The molecular formula is C19H27N7. The number of rotatable bonds is 6. The van der Waals surface area contributed by atoms with E-state index in [1.165, 1.54) is 31.4 Å². The monoisotopic (exact) mass is 353 g/mol. The molecule has 0 unspecified atom stereocenters. The van der Waals surface area contributed by atoms with Crippen LogP contribution in [0.3, 0.4) is 0 Å². The minimum Gasteiger partial charge on any atom is -0.337 e. The van der Waals surface area contributed by atoms with Crippen molar-refractivity contribution < 1.29 is 0 Å². The highest BCUT2D eigenvalue weighted by Crippen LogP contribution is 2.58. The van der Waals surface area contributed by atoms with Crippen LogP contribution in [0.1, 0.15) is 51.1 Å². The predicted molar refractivity (Wildman–Crippen MR) is 102 cm³/mol. The van der Waals surface area contributed by atoms with Crippen LogP contribution in [0.2, 0.25) is 0 Å². The molecule has 2 saturated heterocycles. The number of fused-ring (bicyclic) bond motifs is 1. The Balaban J connectivity index is 1.33. The van der Waals surface area contributed by atoms with E-state index in [-0.39, 0.29) is 5.54 Å². The topological polar surface area (TPSA) is 81.8 Å². The van der Waals surface area contributed by atoms with Crippen molar-refractivity contribution in [1.82, 2.24) is 25.5 Å². The largest absolute Gasteiger partial charge is 0.337 e. The summed E-state index contributed by atoms with van der Waals surface area (Å²) in [7, 11) is 2.06. The molecule has 3 N–H and O–H groups in total. The molecule has 0 radical (unpaired) electrons. The Morgan fingerprint density at radius 2 is 2.08 bits per heavy atom. The zero-order valence-electron chi connectivity index (χ0n) is 15.7. The van der Waals surface area contributed by atoms with E-state index in [9.17, 15) is 0 Å². The first kappa shape index (κ1) is 16.1. The van der Waals surface area contributed by atoms with Crippen LogP contribution < -0.4 is 15.5 Å². The highest BCUT2D eigenvalue weighted by atomic mass is 15.3. The van der Waals surface area contributed by atoms with E-state index < -0.39 is 0 Å². The molecule has 4 heterocycles. The lowest BCUT2D eigenvalue weighted by molar-refractivity contribution is 0.0728. The van der Waals surface area contributed by atoms with Gasteiger partial charge in [0.25, 0.3) is 0 Å². The van der Waals surface area contributed by atoms with Crippen molar-refractivity contribution in [2.45, 2.75) is 57.0 Å². The van der Waals surface area contributed by atoms with E-state index in [2.05, 4.69) is 57.7 Å². The van der Waals surface area contributed by atoms with Gasteiger partial charge in [0.2, 0.25) is 5.95 Å². The number of hydrogen-bond acceptors (Lipinski definition) is 6. The van der Waals surface area contributed by atoms with E-state index >= 15 is 0 Å². The Hall–Kier alpha value is -2.15. The summed E-state index contributed by atoms with van der Waals surface area (Å²) in [5.74, 6) is 3.12. The molecule has 6 rings (SSSR count). The van der Waals surface area contributed by atoms with Gasteiger partial charge in [-0.3, -0.25) is 5.10 Å². The van der Waals surface area contributed by atoms with Gasteiger partial charge in [0.05, 0.1) is 0 Å². The Morgan fingerprint density at radius 1 is 1.27 bits per heavy atom. The lowest BCUT2D eigenvalue weighted by Gasteiger charge is -2.49. The van der Waals surface area contributed by atoms with Crippen LogP contribution in [0.5, 0.6) is 0 Å². The lowest BCUT2D eigenvalue weighted by atomic mass is 9.59. The molecule has 2 aliphatic heterocycles. The number of anilines is 3. The van der Waals surface area contributed by atoms with Gasteiger partial charge in [-0.1, -0.05) is 0 Å². The predicted octanol–water partition coefficient (Wildman–Crippen LogP) is 2.79. The SMILES string of the molecule is CNC(C)(C)C12CC(C1)N(c1nccc(Nc3cc(C4CC4)[nH]n3)n1)C2. The van der Waals surface area contributed by atoms with Gasteiger partial charge in [-0.05, 0) is 52.6 Å². The van der Waals surface area contributed by atoms with Crippen LogP contribution in [0, 0.1) is 5.41 Å². The number of aromatic amines is 1. The first-order chi connectivity index (χ1) is 12.5. The standard InChI is InChI=1S/C19H27N7/c1-18(2,20-3)19-9-13(10-19)26(11-19)17-21-7-6-15(23-17)22-16-8-14(24-25-16)12-4-5-12/h6-8,12-13,20H,4-5,9-11H2,1-3H3,(H2,21,22,23,24,25). The van der Waals surface area contributed by atoms with E-state index in [1.807, 2.05) is 12.3 Å². The average Bonchev–Trinajstić information content (AvgIpc) is 3.06. The molecular weight excluding hydrogens is 326 g/mol. The van der Waals surface area contributed by atoms with Gasteiger partial charge in [0, 0.05) is 47.4 Å². The molecule has 2 aromatic rings. The summed E-state index contributed by atoms with van der Waals surface area (Å²) < 4.78 is 0. The second-order valence-electron chi connectivity index (χ2n) is 8.69. The molecule has 138 valence electrons. The molecule has 0 amide bonds.